The first kappa shape index (κ1) is 26.5. The smallest absolute Gasteiger partial charge is 0.270 e. The molecule has 1 saturated heterocycles. The molecule has 0 bridgehead atoms. The Morgan fingerprint density at radius 1 is 0.860 bits per heavy atom. The molecule has 3 aliphatic heterocycles. The minimum Gasteiger partial charge on any atom is -0.352 e. The van der Waals surface area contributed by atoms with Crippen LogP contribution in [0.3, 0.4) is 0 Å². The number of ketones is 2. The molecule has 4 atom stereocenters. The number of non-ortho nitro benzene ring substituents is 1. The number of hydrogen-bond donors (Lipinski definition) is 1. The number of carbonyl (C=O) groups is 3. The van der Waals surface area contributed by atoms with Crippen molar-refractivity contribution in [3.05, 3.63) is 141 Å². The average Bonchev–Trinajstić information content (AvgIpc) is 3.49. The standard InChI is InChI=1S/C35H27N3O5/c1-20-15-16-28-25(17-20)21(2)18-29-35(26-13-6-7-14-27(26)36-34(35)41)30(32(39)23-11-8-12-24(19-23)38(42)43)31(37(28)29)33(40)22-9-4-3-5-10-22/h3-19,29-31H,1-2H3,(H,36,41)/t29-,30+,31-,35-/m0/s1. The van der Waals surface area contributed by atoms with Gasteiger partial charge in [-0.25, -0.2) is 0 Å². The summed E-state index contributed by atoms with van der Waals surface area (Å²) in [6.45, 7) is 3.97. The van der Waals surface area contributed by atoms with Crippen LogP contribution in [0.25, 0.3) is 5.57 Å². The molecule has 8 nitrogen and oxygen atoms in total. The Balaban J connectivity index is 1.56. The van der Waals surface area contributed by atoms with Crippen LogP contribution in [0.5, 0.6) is 0 Å². The van der Waals surface area contributed by atoms with E-state index in [4.69, 9.17) is 0 Å². The van der Waals surface area contributed by atoms with Crippen molar-refractivity contribution in [3.63, 3.8) is 0 Å². The van der Waals surface area contributed by atoms with Gasteiger partial charge in [0.2, 0.25) is 5.91 Å². The molecule has 3 aliphatic rings. The van der Waals surface area contributed by atoms with Gasteiger partial charge in [-0.3, -0.25) is 24.5 Å². The molecular formula is C35H27N3O5. The van der Waals surface area contributed by atoms with Crippen LogP contribution in [0.15, 0.2) is 103 Å². The van der Waals surface area contributed by atoms with Crippen molar-refractivity contribution in [2.45, 2.75) is 31.3 Å². The summed E-state index contributed by atoms with van der Waals surface area (Å²) in [6, 6.07) is 25.7. The van der Waals surface area contributed by atoms with Crippen LogP contribution in [-0.2, 0) is 10.2 Å². The maximum absolute atomic E-state index is 14.9. The number of nitrogens with one attached hydrogen (secondary N) is 1. The highest BCUT2D eigenvalue weighted by molar-refractivity contribution is 6.18. The predicted octanol–water partition coefficient (Wildman–Crippen LogP) is 6.15. The van der Waals surface area contributed by atoms with E-state index in [1.54, 1.807) is 30.3 Å². The zero-order valence-corrected chi connectivity index (χ0v) is 23.5. The first-order chi connectivity index (χ1) is 20.7. The topological polar surface area (TPSA) is 110 Å². The number of anilines is 2. The van der Waals surface area contributed by atoms with Crippen LogP contribution in [0.1, 0.15) is 44.3 Å². The zero-order valence-electron chi connectivity index (χ0n) is 23.5. The third kappa shape index (κ3) is 3.72. The summed E-state index contributed by atoms with van der Waals surface area (Å²) >= 11 is 0. The van der Waals surface area contributed by atoms with E-state index >= 15 is 0 Å². The SMILES string of the molecule is CC1=C[C@@H]2N(c3ccc(C)cc31)[C@H](C(=O)c1ccccc1)[C@H](C(=O)c1cccc([N+](=O)[O-])c1)[C@@]21C(=O)Nc2ccccc21. The number of nitrogens with zero attached hydrogens (tertiary/aromatic N) is 2. The number of allylic oxidation sites excluding steroid dienone is 1. The van der Waals surface area contributed by atoms with Crippen LogP contribution >= 0.6 is 0 Å². The Morgan fingerprint density at radius 3 is 2.35 bits per heavy atom. The Morgan fingerprint density at radius 2 is 1.58 bits per heavy atom. The van der Waals surface area contributed by atoms with Crippen molar-refractivity contribution in [2.24, 2.45) is 5.92 Å². The van der Waals surface area contributed by atoms with Gasteiger partial charge in [0.15, 0.2) is 11.6 Å². The summed E-state index contributed by atoms with van der Waals surface area (Å²) in [4.78, 5) is 57.1. The molecular weight excluding hydrogens is 542 g/mol. The molecule has 0 radical (unpaired) electrons. The fourth-order valence-electron chi connectivity index (χ4n) is 7.27. The van der Waals surface area contributed by atoms with Crippen LogP contribution in [0, 0.1) is 23.0 Å². The van der Waals surface area contributed by atoms with Crippen molar-refractivity contribution < 1.29 is 19.3 Å². The van der Waals surface area contributed by atoms with Gasteiger partial charge in [-0.15, -0.1) is 0 Å². The fraction of sp³-hybridized carbons (Fsp3) is 0.171. The average molecular weight is 570 g/mol. The summed E-state index contributed by atoms with van der Waals surface area (Å²) < 4.78 is 0. The first-order valence-electron chi connectivity index (χ1n) is 14.1. The molecule has 1 amide bonds. The quantitative estimate of drug-likeness (QED) is 0.175. The number of carbonyl (C=O) groups excluding carboxylic acids is 3. The summed E-state index contributed by atoms with van der Waals surface area (Å²) in [5.74, 6) is -2.38. The number of para-hydroxylation sites is 1. The van der Waals surface area contributed by atoms with E-state index in [0.29, 0.717) is 16.8 Å². The molecule has 1 spiro atoms. The van der Waals surface area contributed by atoms with E-state index in [0.717, 1.165) is 22.4 Å². The number of nitro groups is 1. The van der Waals surface area contributed by atoms with Crippen LogP contribution in [-0.4, -0.2) is 34.5 Å². The lowest BCUT2D eigenvalue weighted by Gasteiger charge is -2.39. The maximum Gasteiger partial charge on any atom is 0.270 e. The molecule has 0 unspecified atom stereocenters. The lowest BCUT2D eigenvalue weighted by atomic mass is 9.64. The molecule has 212 valence electrons. The van der Waals surface area contributed by atoms with Crippen molar-refractivity contribution in [1.82, 2.24) is 0 Å². The van der Waals surface area contributed by atoms with Gasteiger partial charge in [0.25, 0.3) is 5.69 Å². The molecule has 0 aromatic heterocycles. The monoisotopic (exact) mass is 569 g/mol. The van der Waals surface area contributed by atoms with E-state index in [1.807, 2.05) is 67.3 Å². The van der Waals surface area contributed by atoms with E-state index < -0.39 is 34.1 Å². The van der Waals surface area contributed by atoms with E-state index in [1.165, 1.54) is 24.3 Å². The second-order valence-corrected chi connectivity index (χ2v) is 11.4. The molecule has 0 aliphatic carbocycles. The van der Waals surface area contributed by atoms with Gasteiger partial charge in [-0.05, 0) is 43.2 Å². The summed E-state index contributed by atoms with van der Waals surface area (Å²) in [7, 11) is 0. The van der Waals surface area contributed by atoms with Crippen molar-refractivity contribution in [2.75, 3.05) is 10.2 Å². The molecule has 1 fully saturated rings. The number of rotatable bonds is 5. The molecule has 0 saturated carbocycles. The molecule has 43 heavy (non-hydrogen) atoms. The van der Waals surface area contributed by atoms with Crippen LogP contribution < -0.4 is 10.2 Å². The number of nitro benzene ring substituents is 1. The first-order valence-corrected chi connectivity index (χ1v) is 14.1. The number of hydrogen-bond acceptors (Lipinski definition) is 6. The highest BCUT2D eigenvalue weighted by atomic mass is 16.6. The molecule has 7 rings (SSSR count). The maximum atomic E-state index is 14.9. The minimum absolute atomic E-state index is 0.0753. The van der Waals surface area contributed by atoms with Gasteiger partial charge in [0, 0.05) is 40.2 Å². The van der Waals surface area contributed by atoms with Gasteiger partial charge < -0.3 is 10.2 Å². The molecule has 3 heterocycles. The van der Waals surface area contributed by atoms with Crippen LogP contribution in [0.4, 0.5) is 17.1 Å². The molecule has 4 aromatic rings. The normalized spacial score (nSPS) is 23.2. The molecule has 8 heteroatoms. The number of fused-ring (bicyclic) bond motifs is 6. The fourth-order valence-corrected chi connectivity index (χ4v) is 7.27. The Labute approximate surface area is 247 Å². The van der Waals surface area contributed by atoms with Gasteiger partial charge in [0.1, 0.15) is 11.5 Å². The van der Waals surface area contributed by atoms with Gasteiger partial charge in [-0.1, -0.05) is 78.4 Å². The lowest BCUT2D eigenvalue weighted by Crippen LogP contribution is -2.51. The number of Topliss-reactive ketones (excluding diaryl/α,β-unsaturated/α-hetero) is 2. The zero-order chi connectivity index (χ0) is 30.0. The summed E-state index contributed by atoms with van der Waals surface area (Å²) in [5, 5.41) is 14.7. The minimum atomic E-state index is -1.49. The van der Waals surface area contributed by atoms with Gasteiger partial charge in [-0.2, -0.15) is 0 Å². The third-order valence-corrected chi connectivity index (χ3v) is 9.08. The van der Waals surface area contributed by atoms with Crippen molar-refractivity contribution in [3.8, 4) is 0 Å². The van der Waals surface area contributed by atoms with Crippen LogP contribution in [0.2, 0.25) is 0 Å². The summed E-state index contributed by atoms with van der Waals surface area (Å²) in [6.07, 6.45) is 2.00. The van der Waals surface area contributed by atoms with Crippen molar-refractivity contribution >= 4 is 40.1 Å². The molecule has 4 aromatic carbocycles. The molecule has 1 N–H and O–H groups in total. The number of aryl methyl sites for hydroxylation is 1. The predicted molar refractivity (Wildman–Crippen MR) is 163 cm³/mol. The largest absolute Gasteiger partial charge is 0.352 e. The summed E-state index contributed by atoms with van der Waals surface area (Å²) in [5.41, 5.74) is 3.62. The van der Waals surface area contributed by atoms with E-state index in [-0.39, 0.29) is 22.9 Å². The Kier molecular flexibility index (Phi) is 5.92. The highest BCUT2D eigenvalue weighted by Crippen LogP contribution is 2.59. The Hall–Kier alpha value is -5.37. The van der Waals surface area contributed by atoms with E-state index in [9.17, 15) is 24.5 Å². The third-order valence-electron chi connectivity index (χ3n) is 9.08. The van der Waals surface area contributed by atoms with Crippen molar-refractivity contribution in [1.29, 1.82) is 0 Å². The second kappa shape index (κ2) is 9.59. The second-order valence-electron chi connectivity index (χ2n) is 11.4. The number of amides is 1. The van der Waals surface area contributed by atoms with Gasteiger partial charge in [0.05, 0.1) is 16.9 Å². The number of benzene rings is 4. The van der Waals surface area contributed by atoms with Gasteiger partial charge >= 0.3 is 0 Å². The Bertz CT molecular complexity index is 1900. The van der Waals surface area contributed by atoms with E-state index in [2.05, 4.69) is 5.32 Å². The lowest BCUT2D eigenvalue weighted by molar-refractivity contribution is -0.384. The highest BCUT2D eigenvalue weighted by Gasteiger charge is 2.70.